The fraction of sp³-hybridized carbons (Fsp3) is 0.200. The lowest BCUT2D eigenvalue weighted by Gasteiger charge is -2.10. The van der Waals surface area contributed by atoms with Crippen molar-refractivity contribution in [2.45, 2.75) is 6.42 Å². The highest BCUT2D eigenvalue weighted by Gasteiger charge is 2.06. The van der Waals surface area contributed by atoms with Gasteiger partial charge in [0, 0.05) is 31.5 Å². The van der Waals surface area contributed by atoms with E-state index < -0.39 is 0 Å². The van der Waals surface area contributed by atoms with Crippen molar-refractivity contribution in [2.75, 3.05) is 24.6 Å². The summed E-state index contributed by atoms with van der Waals surface area (Å²) in [4.78, 5) is 15.6. The molecule has 1 aromatic carbocycles. The molecule has 0 atom stereocenters. The molecular weight excluding hydrogens is 252 g/mol. The van der Waals surface area contributed by atoms with Crippen LogP contribution in [0.4, 0.5) is 11.4 Å². The third kappa shape index (κ3) is 3.47. The summed E-state index contributed by atoms with van der Waals surface area (Å²) < 4.78 is 0. The van der Waals surface area contributed by atoms with Crippen LogP contribution in [0.15, 0.2) is 42.7 Å². The molecule has 20 heavy (non-hydrogen) atoms. The summed E-state index contributed by atoms with van der Waals surface area (Å²) in [6.45, 7) is 0.759. The van der Waals surface area contributed by atoms with E-state index in [2.05, 4.69) is 15.6 Å². The summed E-state index contributed by atoms with van der Waals surface area (Å²) in [6.07, 6.45) is 4.47. The van der Waals surface area contributed by atoms with Gasteiger partial charge in [0.1, 0.15) is 0 Å². The highest BCUT2D eigenvalue weighted by atomic mass is 16.1. The van der Waals surface area contributed by atoms with Crippen LogP contribution >= 0.6 is 0 Å². The Balaban J connectivity index is 1.95. The fourth-order valence-corrected chi connectivity index (χ4v) is 1.90. The first-order valence-electron chi connectivity index (χ1n) is 6.45. The number of aromatic nitrogens is 1. The van der Waals surface area contributed by atoms with Crippen LogP contribution in [-0.4, -0.2) is 24.5 Å². The van der Waals surface area contributed by atoms with Gasteiger partial charge in [0.2, 0.25) is 0 Å². The molecule has 0 aliphatic heterocycles. The monoisotopic (exact) mass is 270 g/mol. The van der Waals surface area contributed by atoms with Crippen LogP contribution in [0.25, 0.3) is 0 Å². The zero-order valence-electron chi connectivity index (χ0n) is 11.4. The Bertz CT molecular complexity index is 584. The van der Waals surface area contributed by atoms with Crippen molar-refractivity contribution in [2.24, 2.45) is 0 Å². The highest BCUT2D eigenvalue weighted by Crippen LogP contribution is 2.19. The van der Waals surface area contributed by atoms with Crippen molar-refractivity contribution < 1.29 is 4.79 Å². The molecule has 0 aliphatic rings. The Morgan fingerprint density at radius 3 is 2.85 bits per heavy atom. The fourth-order valence-electron chi connectivity index (χ4n) is 1.90. The van der Waals surface area contributed by atoms with Gasteiger partial charge in [0.15, 0.2) is 0 Å². The molecule has 1 heterocycles. The van der Waals surface area contributed by atoms with Gasteiger partial charge < -0.3 is 16.4 Å². The van der Waals surface area contributed by atoms with Gasteiger partial charge in [0.05, 0.1) is 11.4 Å². The van der Waals surface area contributed by atoms with Crippen molar-refractivity contribution in [3.8, 4) is 0 Å². The summed E-state index contributed by atoms with van der Waals surface area (Å²) in [6, 6.07) is 9.20. The first-order chi connectivity index (χ1) is 9.70. The molecule has 2 aromatic rings. The van der Waals surface area contributed by atoms with E-state index >= 15 is 0 Å². The van der Waals surface area contributed by atoms with Gasteiger partial charge in [-0.1, -0.05) is 6.07 Å². The highest BCUT2D eigenvalue weighted by molar-refractivity contribution is 5.95. The number of nitrogen functional groups attached to an aromatic ring is 1. The number of nitrogens with one attached hydrogen (secondary N) is 2. The van der Waals surface area contributed by atoms with Crippen LogP contribution < -0.4 is 16.4 Å². The predicted octanol–water partition coefficient (Wildman–Crippen LogP) is 1.68. The number of hydrogen-bond donors (Lipinski definition) is 3. The Morgan fingerprint density at radius 1 is 1.35 bits per heavy atom. The molecule has 0 bridgehead atoms. The molecule has 0 radical (unpaired) electrons. The first-order valence-corrected chi connectivity index (χ1v) is 6.45. The molecule has 5 heteroatoms. The number of nitrogens with zero attached hydrogens (tertiary/aromatic N) is 1. The van der Waals surface area contributed by atoms with Gasteiger partial charge in [0.25, 0.3) is 5.91 Å². The summed E-state index contributed by atoms with van der Waals surface area (Å²) in [5.41, 5.74) is 9.07. The van der Waals surface area contributed by atoms with E-state index in [0.29, 0.717) is 11.3 Å². The number of rotatable bonds is 5. The van der Waals surface area contributed by atoms with Gasteiger partial charge in [-0.25, -0.2) is 0 Å². The summed E-state index contributed by atoms with van der Waals surface area (Å²) in [5.74, 6) is -0.140. The summed E-state index contributed by atoms with van der Waals surface area (Å²) in [5, 5.41) is 5.83. The maximum Gasteiger partial charge on any atom is 0.251 e. The van der Waals surface area contributed by atoms with E-state index in [1.807, 2.05) is 24.4 Å². The van der Waals surface area contributed by atoms with Gasteiger partial charge in [-0.3, -0.25) is 9.78 Å². The molecule has 0 unspecified atom stereocenters. The zero-order valence-corrected chi connectivity index (χ0v) is 11.4. The predicted molar refractivity (Wildman–Crippen MR) is 80.7 cm³/mol. The number of nitrogens with two attached hydrogens (primary N) is 1. The SMILES string of the molecule is CNC(=O)c1ccc(NCCc2cccnc2)c(N)c1. The number of anilines is 2. The smallest absolute Gasteiger partial charge is 0.251 e. The van der Waals surface area contributed by atoms with Crippen LogP contribution in [-0.2, 0) is 6.42 Å². The number of carbonyl (C=O) groups excluding carboxylic acids is 1. The van der Waals surface area contributed by atoms with E-state index in [9.17, 15) is 4.79 Å². The third-order valence-corrected chi connectivity index (χ3v) is 2.99. The lowest BCUT2D eigenvalue weighted by Crippen LogP contribution is -2.18. The third-order valence-electron chi connectivity index (χ3n) is 2.99. The number of hydrogen-bond acceptors (Lipinski definition) is 4. The average molecular weight is 270 g/mol. The van der Waals surface area contributed by atoms with E-state index in [-0.39, 0.29) is 5.91 Å². The standard InChI is InChI=1S/C15H18N4O/c1-17-15(20)12-4-5-14(13(16)9-12)19-8-6-11-3-2-7-18-10-11/h2-5,7,9-10,19H,6,8,16H2,1H3,(H,17,20). The molecule has 1 amide bonds. The Labute approximate surface area is 118 Å². The van der Waals surface area contributed by atoms with Crippen LogP contribution in [0.3, 0.4) is 0 Å². The molecular formula is C15H18N4O. The molecule has 0 aliphatic carbocycles. The second-order valence-corrected chi connectivity index (χ2v) is 4.42. The minimum absolute atomic E-state index is 0.140. The van der Waals surface area contributed by atoms with E-state index in [1.54, 1.807) is 25.4 Å². The molecule has 0 saturated heterocycles. The minimum atomic E-state index is -0.140. The maximum absolute atomic E-state index is 11.5. The van der Waals surface area contributed by atoms with E-state index in [1.165, 1.54) is 5.56 Å². The number of pyridine rings is 1. The van der Waals surface area contributed by atoms with Crippen LogP contribution in [0.1, 0.15) is 15.9 Å². The zero-order chi connectivity index (χ0) is 14.4. The van der Waals surface area contributed by atoms with Crippen molar-refractivity contribution in [3.63, 3.8) is 0 Å². The molecule has 1 aromatic heterocycles. The molecule has 104 valence electrons. The molecule has 2 rings (SSSR count). The van der Waals surface area contributed by atoms with Crippen LogP contribution in [0.5, 0.6) is 0 Å². The lowest BCUT2D eigenvalue weighted by atomic mass is 10.1. The average Bonchev–Trinajstić information content (AvgIpc) is 2.49. The number of amides is 1. The van der Waals surface area contributed by atoms with Gasteiger partial charge in [-0.2, -0.15) is 0 Å². The Morgan fingerprint density at radius 2 is 2.20 bits per heavy atom. The van der Waals surface area contributed by atoms with Gasteiger partial charge >= 0.3 is 0 Å². The maximum atomic E-state index is 11.5. The van der Waals surface area contributed by atoms with Gasteiger partial charge in [-0.15, -0.1) is 0 Å². The topological polar surface area (TPSA) is 80.0 Å². The quantitative estimate of drug-likeness (QED) is 0.722. The molecule has 0 fully saturated rings. The normalized spacial score (nSPS) is 10.1. The largest absolute Gasteiger partial charge is 0.397 e. The van der Waals surface area contributed by atoms with Crippen molar-refractivity contribution in [1.82, 2.24) is 10.3 Å². The van der Waals surface area contributed by atoms with E-state index in [0.717, 1.165) is 18.7 Å². The first kappa shape index (κ1) is 13.9. The summed E-state index contributed by atoms with van der Waals surface area (Å²) >= 11 is 0. The molecule has 0 spiro atoms. The van der Waals surface area contributed by atoms with Crippen LogP contribution in [0.2, 0.25) is 0 Å². The van der Waals surface area contributed by atoms with Crippen LogP contribution in [0, 0.1) is 0 Å². The minimum Gasteiger partial charge on any atom is -0.397 e. The second kappa shape index (κ2) is 6.56. The molecule has 4 N–H and O–H groups in total. The van der Waals surface area contributed by atoms with Crippen molar-refractivity contribution in [3.05, 3.63) is 53.9 Å². The Kier molecular flexibility index (Phi) is 4.55. The van der Waals surface area contributed by atoms with Gasteiger partial charge in [-0.05, 0) is 36.2 Å². The van der Waals surface area contributed by atoms with Crippen molar-refractivity contribution in [1.29, 1.82) is 0 Å². The van der Waals surface area contributed by atoms with E-state index in [4.69, 9.17) is 5.73 Å². The Hall–Kier alpha value is -2.56. The molecule has 5 nitrogen and oxygen atoms in total. The number of carbonyl (C=O) groups is 1. The second-order valence-electron chi connectivity index (χ2n) is 4.42. The van der Waals surface area contributed by atoms with Crippen molar-refractivity contribution >= 4 is 17.3 Å². The molecule has 0 saturated carbocycles. The summed E-state index contributed by atoms with van der Waals surface area (Å²) in [7, 11) is 1.60. The lowest BCUT2D eigenvalue weighted by molar-refractivity contribution is 0.0963. The number of benzene rings is 1.